The maximum atomic E-state index is 4.79. The zero-order valence-electron chi connectivity index (χ0n) is 11.6. The highest BCUT2D eigenvalue weighted by atomic mass is 14.9. The molecule has 19 heavy (non-hydrogen) atoms. The molecule has 2 nitrogen and oxygen atoms in total. The molecule has 0 bridgehead atoms. The average molecular weight is 254 g/mol. The second-order valence-electron chi connectivity index (χ2n) is 5.60. The Balaban J connectivity index is 1.75. The number of rotatable bonds is 6. The van der Waals surface area contributed by atoms with Gasteiger partial charge in [-0.1, -0.05) is 31.2 Å². The van der Waals surface area contributed by atoms with Crippen LogP contribution in [0, 0.1) is 5.92 Å². The van der Waals surface area contributed by atoms with E-state index in [1.165, 1.54) is 30.3 Å². The van der Waals surface area contributed by atoms with Crippen molar-refractivity contribution in [1.82, 2.24) is 10.3 Å². The molecule has 100 valence electrons. The highest BCUT2D eigenvalue weighted by Crippen LogP contribution is 2.34. The Morgan fingerprint density at radius 1 is 1.21 bits per heavy atom. The van der Waals surface area contributed by atoms with Crippen LogP contribution in [-0.2, 0) is 6.42 Å². The molecule has 0 amide bonds. The second-order valence-corrected chi connectivity index (χ2v) is 5.60. The summed E-state index contributed by atoms with van der Waals surface area (Å²) in [6, 6.07) is 13.4. The lowest BCUT2D eigenvalue weighted by atomic mass is 10.0. The van der Waals surface area contributed by atoms with Crippen molar-refractivity contribution in [1.29, 1.82) is 0 Å². The molecule has 1 aliphatic rings. The first-order valence-electron chi connectivity index (χ1n) is 7.45. The van der Waals surface area contributed by atoms with E-state index in [-0.39, 0.29) is 0 Å². The molecule has 0 saturated heterocycles. The zero-order valence-corrected chi connectivity index (χ0v) is 11.6. The van der Waals surface area contributed by atoms with Crippen molar-refractivity contribution in [2.24, 2.45) is 5.92 Å². The van der Waals surface area contributed by atoms with Gasteiger partial charge in [0, 0.05) is 23.5 Å². The number of hydrogen-bond donors (Lipinski definition) is 1. The molecule has 0 aliphatic heterocycles. The number of nitrogens with one attached hydrogen (secondary N) is 1. The van der Waals surface area contributed by atoms with E-state index in [0.29, 0.717) is 6.04 Å². The summed E-state index contributed by atoms with van der Waals surface area (Å²) < 4.78 is 0. The third-order valence-electron chi connectivity index (χ3n) is 3.93. The predicted octanol–water partition coefficient (Wildman–Crippen LogP) is 3.56. The summed E-state index contributed by atoms with van der Waals surface area (Å²) in [7, 11) is 0. The molecular formula is C17H22N2. The second kappa shape index (κ2) is 5.70. The molecule has 3 rings (SSSR count). The van der Waals surface area contributed by atoms with Crippen LogP contribution in [0.25, 0.3) is 10.9 Å². The van der Waals surface area contributed by atoms with Crippen LogP contribution >= 0.6 is 0 Å². The van der Waals surface area contributed by atoms with Crippen molar-refractivity contribution in [3.63, 3.8) is 0 Å². The number of fused-ring (bicyclic) bond motifs is 1. The minimum absolute atomic E-state index is 0.619. The van der Waals surface area contributed by atoms with Gasteiger partial charge in [-0.2, -0.15) is 0 Å². The van der Waals surface area contributed by atoms with Crippen LogP contribution in [0.5, 0.6) is 0 Å². The lowest BCUT2D eigenvalue weighted by Gasteiger charge is -2.17. The van der Waals surface area contributed by atoms with E-state index in [1.54, 1.807) is 0 Å². The maximum Gasteiger partial charge on any atom is 0.0705 e. The van der Waals surface area contributed by atoms with Gasteiger partial charge in [-0.15, -0.1) is 0 Å². The van der Waals surface area contributed by atoms with Gasteiger partial charge in [0.2, 0.25) is 0 Å². The van der Waals surface area contributed by atoms with E-state index in [9.17, 15) is 0 Å². The molecule has 1 unspecified atom stereocenters. The van der Waals surface area contributed by atoms with Crippen LogP contribution in [0.1, 0.15) is 31.9 Å². The van der Waals surface area contributed by atoms with Gasteiger partial charge in [-0.25, -0.2) is 0 Å². The molecule has 0 spiro atoms. The van der Waals surface area contributed by atoms with Crippen LogP contribution < -0.4 is 5.32 Å². The predicted molar refractivity (Wildman–Crippen MR) is 80.3 cm³/mol. The summed E-state index contributed by atoms with van der Waals surface area (Å²) in [6.07, 6.45) is 5.04. The molecule has 1 aromatic carbocycles. The quantitative estimate of drug-likeness (QED) is 0.852. The number of para-hydroxylation sites is 1. The van der Waals surface area contributed by atoms with Gasteiger partial charge in [0.15, 0.2) is 0 Å². The van der Waals surface area contributed by atoms with Crippen LogP contribution in [0.4, 0.5) is 0 Å². The van der Waals surface area contributed by atoms with Gasteiger partial charge in [-0.3, -0.25) is 4.98 Å². The number of aromatic nitrogens is 1. The Kier molecular flexibility index (Phi) is 3.79. The number of benzene rings is 1. The Labute approximate surface area is 115 Å². The fourth-order valence-electron chi connectivity index (χ4n) is 2.68. The molecule has 1 aliphatic carbocycles. The largest absolute Gasteiger partial charge is 0.313 e. The summed E-state index contributed by atoms with van der Waals surface area (Å²) in [5, 5.41) is 4.92. The van der Waals surface area contributed by atoms with Crippen molar-refractivity contribution >= 4 is 10.9 Å². The van der Waals surface area contributed by atoms with E-state index < -0.39 is 0 Å². The lowest BCUT2D eigenvalue weighted by molar-refractivity contribution is 0.457. The molecule has 1 fully saturated rings. The standard InChI is InChI=1S/C17H22N2/c1-2-11-18-17(14-7-8-14)12-15-10-9-13-5-3-4-6-16(13)19-15/h3-6,9-10,14,17-18H,2,7-8,11-12H2,1H3. The fraction of sp³-hybridized carbons (Fsp3) is 0.471. The highest BCUT2D eigenvalue weighted by Gasteiger charge is 2.30. The first kappa shape index (κ1) is 12.6. The monoisotopic (exact) mass is 254 g/mol. The highest BCUT2D eigenvalue weighted by molar-refractivity contribution is 5.78. The van der Waals surface area contributed by atoms with E-state index in [2.05, 4.69) is 48.6 Å². The molecule has 1 heterocycles. The summed E-state index contributed by atoms with van der Waals surface area (Å²) in [6.45, 7) is 3.35. The summed E-state index contributed by atoms with van der Waals surface area (Å²) in [4.78, 5) is 4.79. The van der Waals surface area contributed by atoms with Crippen molar-refractivity contribution in [2.45, 2.75) is 38.6 Å². The van der Waals surface area contributed by atoms with Gasteiger partial charge < -0.3 is 5.32 Å². The SMILES string of the molecule is CCCNC(Cc1ccc2ccccc2n1)C1CC1. The van der Waals surface area contributed by atoms with E-state index in [4.69, 9.17) is 4.98 Å². The molecule has 1 atom stereocenters. The molecule has 2 heteroatoms. The van der Waals surface area contributed by atoms with E-state index in [0.717, 1.165) is 24.4 Å². The molecule has 0 radical (unpaired) electrons. The van der Waals surface area contributed by atoms with Gasteiger partial charge in [0.1, 0.15) is 0 Å². The normalized spacial score (nSPS) is 16.7. The van der Waals surface area contributed by atoms with Crippen molar-refractivity contribution < 1.29 is 0 Å². The fourth-order valence-corrected chi connectivity index (χ4v) is 2.68. The molecule has 1 aromatic heterocycles. The van der Waals surface area contributed by atoms with Crippen molar-refractivity contribution in [2.75, 3.05) is 6.54 Å². The topological polar surface area (TPSA) is 24.9 Å². The summed E-state index contributed by atoms with van der Waals surface area (Å²) in [5.41, 5.74) is 2.34. The summed E-state index contributed by atoms with van der Waals surface area (Å²) in [5.74, 6) is 0.875. The molecule has 1 saturated carbocycles. The third kappa shape index (κ3) is 3.13. The van der Waals surface area contributed by atoms with Crippen molar-refractivity contribution in [3.05, 3.63) is 42.1 Å². The molecule has 1 N–H and O–H groups in total. The van der Waals surface area contributed by atoms with Crippen molar-refractivity contribution in [3.8, 4) is 0 Å². The van der Waals surface area contributed by atoms with E-state index in [1.807, 2.05) is 0 Å². The zero-order chi connectivity index (χ0) is 13.1. The van der Waals surface area contributed by atoms with Crippen LogP contribution in [0.3, 0.4) is 0 Å². The Hall–Kier alpha value is -1.41. The van der Waals surface area contributed by atoms with Gasteiger partial charge in [0.05, 0.1) is 5.52 Å². The van der Waals surface area contributed by atoms with Crippen LogP contribution in [-0.4, -0.2) is 17.6 Å². The number of nitrogens with zero attached hydrogens (tertiary/aromatic N) is 1. The minimum Gasteiger partial charge on any atom is -0.313 e. The minimum atomic E-state index is 0.619. The lowest BCUT2D eigenvalue weighted by Crippen LogP contribution is -2.33. The first-order chi connectivity index (χ1) is 9.36. The van der Waals surface area contributed by atoms with Gasteiger partial charge >= 0.3 is 0 Å². The Bertz CT molecular complexity index is 546. The molecule has 2 aromatic rings. The third-order valence-corrected chi connectivity index (χ3v) is 3.93. The van der Waals surface area contributed by atoms with Gasteiger partial charge in [0.25, 0.3) is 0 Å². The Morgan fingerprint density at radius 2 is 2.05 bits per heavy atom. The number of pyridine rings is 1. The smallest absolute Gasteiger partial charge is 0.0705 e. The van der Waals surface area contributed by atoms with Crippen LogP contribution in [0.2, 0.25) is 0 Å². The molecular weight excluding hydrogens is 232 g/mol. The van der Waals surface area contributed by atoms with Crippen LogP contribution in [0.15, 0.2) is 36.4 Å². The van der Waals surface area contributed by atoms with Gasteiger partial charge in [-0.05, 0) is 43.9 Å². The number of hydrogen-bond acceptors (Lipinski definition) is 2. The summed E-state index contributed by atoms with van der Waals surface area (Å²) >= 11 is 0. The first-order valence-corrected chi connectivity index (χ1v) is 7.45. The average Bonchev–Trinajstić information content (AvgIpc) is 3.28. The maximum absolute atomic E-state index is 4.79. The van der Waals surface area contributed by atoms with E-state index >= 15 is 0 Å². The Morgan fingerprint density at radius 3 is 2.84 bits per heavy atom.